The molecule has 3 nitrogen and oxygen atoms in total. The third kappa shape index (κ3) is 1.70. The largest absolute Gasteiger partial charge is 0.327 e. The van der Waals surface area contributed by atoms with Gasteiger partial charge in [0.1, 0.15) is 0 Å². The van der Waals surface area contributed by atoms with Crippen molar-refractivity contribution in [2.45, 2.75) is 25.3 Å². The average molecular weight is 266 g/mol. The smallest absolute Gasteiger partial charge is 0.167 e. The lowest BCUT2D eigenvalue weighted by molar-refractivity contribution is 0.0856. The van der Waals surface area contributed by atoms with E-state index in [1.807, 2.05) is 30.3 Å². The van der Waals surface area contributed by atoms with E-state index in [9.17, 15) is 4.79 Å². The minimum absolute atomic E-state index is 0.0304. The van der Waals surface area contributed by atoms with E-state index in [2.05, 4.69) is 4.98 Å². The van der Waals surface area contributed by atoms with Gasteiger partial charge in [-0.25, -0.2) is 0 Å². The molecule has 1 heterocycles. The number of carbonyl (C=O) groups excluding carboxylic acids is 1. The summed E-state index contributed by atoms with van der Waals surface area (Å²) in [5, 5.41) is 1.02. The summed E-state index contributed by atoms with van der Waals surface area (Å²) in [4.78, 5) is 17.1. The van der Waals surface area contributed by atoms with Crippen molar-refractivity contribution in [2.75, 3.05) is 0 Å². The Balaban J connectivity index is 1.70. The summed E-state index contributed by atoms with van der Waals surface area (Å²) in [5.74, 6) is 1.33. The molecule has 4 unspecified atom stereocenters. The predicted octanol–water partition coefficient (Wildman–Crippen LogP) is 2.79. The monoisotopic (exact) mass is 266 g/mol. The fraction of sp³-hybridized carbons (Fsp3) is 0.412. The minimum atomic E-state index is 0.0304. The summed E-state index contributed by atoms with van der Waals surface area (Å²) in [6, 6.07) is 9.76. The third-order valence-electron chi connectivity index (χ3n) is 5.17. The number of rotatable bonds is 2. The van der Waals surface area contributed by atoms with Crippen molar-refractivity contribution in [2.24, 2.45) is 23.5 Å². The number of carbonyl (C=O) groups is 1. The lowest BCUT2D eigenvalue weighted by Crippen LogP contribution is -2.40. The maximum atomic E-state index is 12.8. The number of hydrogen-bond donors (Lipinski definition) is 1. The van der Waals surface area contributed by atoms with Gasteiger partial charge in [0.05, 0.1) is 5.52 Å². The van der Waals surface area contributed by atoms with Gasteiger partial charge in [-0.2, -0.15) is 0 Å². The highest BCUT2D eigenvalue weighted by atomic mass is 16.1. The first-order chi connectivity index (χ1) is 9.74. The normalized spacial score (nSPS) is 31.9. The van der Waals surface area contributed by atoms with Crippen LogP contribution < -0.4 is 5.73 Å². The van der Waals surface area contributed by atoms with E-state index in [0.717, 1.165) is 22.9 Å². The maximum absolute atomic E-state index is 12.8. The molecule has 0 radical (unpaired) electrons. The van der Waals surface area contributed by atoms with Gasteiger partial charge in [-0.3, -0.25) is 9.78 Å². The molecule has 3 heteroatoms. The fourth-order valence-electron chi connectivity index (χ4n) is 4.15. The van der Waals surface area contributed by atoms with Crippen LogP contribution >= 0.6 is 0 Å². The molecule has 2 N–H and O–H groups in total. The first-order valence-corrected chi connectivity index (χ1v) is 7.38. The first-order valence-electron chi connectivity index (χ1n) is 7.38. The molecular weight excluding hydrogens is 248 g/mol. The number of Topliss-reactive ketones (excluding diaryl/α,β-unsaturated/α-hetero) is 1. The third-order valence-corrected chi connectivity index (χ3v) is 5.17. The van der Waals surface area contributed by atoms with Crippen LogP contribution in [0.25, 0.3) is 10.9 Å². The highest BCUT2D eigenvalue weighted by molar-refractivity contribution is 6.01. The number of benzene rings is 1. The second kappa shape index (κ2) is 4.38. The van der Waals surface area contributed by atoms with Crippen molar-refractivity contribution in [3.8, 4) is 0 Å². The van der Waals surface area contributed by atoms with Crippen LogP contribution in [0, 0.1) is 17.8 Å². The lowest BCUT2D eigenvalue weighted by Gasteiger charge is -2.26. The summed E-state index contributed by atoms with van der Waals surface area (Å²) >= 11 is 0. The van der Waals surface area contributed by atoms with Gasteiger partial charge in [-0.1, -0.05) is 6.07 Å². The summed E-state index contributed by atoms with van der Waals surface area (Å²) in [7, 11) is 0. The van der Waals surface area contributed by atoms with E-state index in [-0.39, 0.29) is 17.7 Å². The molecule has 20 heavy (non-hydrogen) atoms. The van der Waals surface area contributed by atoms with Crippen LogP contribution in [0.3, 0.4) is 0 Å². The number of nitrogens with two attached hydrogens (primary N) is 1. The van der Waals surface area contributed by atoms with Gasteiger partial charge < -0.3 is 5.73 Å². The van der Waals surface area contributed by atoms with Crippen LogP contribution in [-0.2, 0) is 0 Å². The van der Waals surface area contributed by atoms with Crippen molar-refractivity contribution in [3.63, 3.8) is 0 Å². The number of aromatic nitrogens is 1. The molecule has 0 spiro atoms. The summed E-state index contributed by atoms with van der Waals surface area (Å²) in [5.41, 5.74) is 8.00. The quantitative estimate of drug-likeness (QED) is 0.850. The van der Waals surface area contributed by atoms with Gasteiger partial charge in [0.2, 0.25) is 0 Å². The minimum Gasteiger partial charge on any atom is -0.327 e. The van der Waals surface area contributed by atoms with E-state index in [1.54, 1.807) is 6.20 Å². The van der Waals surface area contributed by atoms with Gasteiger partial charge in [-0.15, -0.1) is 0 Å². The van der Waals surface area contributed by atoms with Crippen LogP contribution in [0.1, 0.15) is 29.6 Å². The van der Waals surface area contributed by atoms with Gasteiger partial charge in [0, 0.05) is 29.1 Å². The fourth-order valence-corrected chi connectivity index (χ4v) is 4.15. The van der Waals surface area contributed by atoms with Gasteiger partial charge in [0.15, 0.2) is 5.78 Å². The lowest BCUT2D eigenvalue weighted by atomic mass is 9.80. The Kier molecular flexibility index (Phi) is 2.64. The van der Waals surface area contributed by atoms with E-state index in [0.29, 0.717) is 11.8 Å². The van der Waals surface area contributed by atoms with Crippen molar-refractivity contribution in [3.05, 3.63) is 42.1 Å². The zero-order chi connectivity index (χ0) is 13.7. The molecule has 2 saturated carbocycles. The molecule has 0 amide bonds. The van der Waals surface area contributed by atoms with Crippen LogP contribution in [-0.4, -0.2) is 16.8 Å². The molecule has 4 rings (SSSR count). The van der Waals surface area contributed by atoms with E-state index < -0.39 is 0 Å². The Labute approximate surface area is 118 Å². The van der Waals surface area contributed by atoms with Crippen molar-refractivity contribution in [1.29, 1.82) is 0 Å². The second-order valence-electron chi connectivity index (χ2n) is 6.21. The zero-order valence-electron chi connectivity index (χ0n) is 11.3. The topological polar surface area (TPSA) is 56.0 Å². The van der Waals surface area contributed by atoms with Gasteiger partial charge in [0.25, 0.3) is 0 Å². The van der Waals surface area contributed by atoms with Crippen molar-refractivity contribution >= 4 is 16.7 Å². The Morgan fingerprint density at radius 1 is 1.20 bits per heavy atom. The Morgan fingerprint density at radius 2 is 2.05 bits per heavy atom. The second-order valence-corrected chi connectivity index (χ2v) is 6.21. The summed E-state index contributed by atoms with van der Waals surface area (Å²) in [6.07, 6.45) is 5.30. The Morgan fingerprint density at radius 3 is 2.85 bits per heavy atom. The maximum Gasteiger partial charge on any atom is 0.167 e. The first kappa shape index (κ1) is 12.0. The Hall–Kier alpha value is -1.74. The molecule has 1 aromatic heterocycles. The molecule has 2 aliphatic carbocycles. The van der Waals surface area contributed by atoms with Crippen LogP contribution in [0.15, 0.2) is 36.5 Å². The Bertz CT molecular complexity index is 679. The number of fused-ring (bicyclic) bond motifs is 3. The van der Waals surface area contributed by atoms with Crippen LogP contribution in [0.2, 0.25) is 0 Å². The summed E-state index contributed by atoms with van der Waals surface area (Å²) in [6.45, 7) is 0. The molecule has 4 atom stereocenters. The zero-order valence-corrected chi connectivity index (χ0v) is 11.3. The molecule has 1 aromatic carbocycles. The molecular formula is C17H18N2O. The van der Waals surface area contributed by atoms with Crippen molar-refractivity contribution < 1.29 is 4.79 Å². The molecule has 0 saturated heterocycles. The summed E-state index contributed by atoms with van der Waals surface area (Å²) < 4.78 is 0. The van der Waals surface area contributed by atoms with E-state index >= 15 is 0 Å². The molecule has 2 aromatic rings. The molecule has 2 fully saturated rings. The SMILES string of the molecule is NC1C2CCC(C2)C1C(=O)c1ccc2ncccc2c1. The molecule has 0 aliphatic heterocycles. The highest BCUT2D eigenvalue weighted by Crippen LogP contribution is 2.48. The van der Waals surface area contributed by atoms with E-state index in [4.69, 9.17) is 5.73 Å². The standard InChI is InChI=1S/C17H18N2O/c18-16-12-4-3-11(9-12)15(16)17(20)13-5-6-14-10(8-13)2-1-7-19-14/h1-2,5-8,11-12,15-16H,3-4,9,18H2. The number of hydrogen-bond acceptors (Lipinski definition) is 3. The molecule has 102 valence electrons. The highest BCUT2D eigenvalue weighted by Gasteiger charge is 2.48. The molecule has 2 bridgehead atoms. The van der Waals surface area contributed by atoms with Crippen molar-refractivity contribution in [1.82, 2.24) is 4.98 Å². The van der Waals surface area contributed by atoms with E-state index in [1.165, 1.54) is 12.8 Å². The predicted molar refractivity (Wildman–Crippen MR) is 78.4 cm³/mol. The van der Waals surface area contributed by atoms with Crippen LogP contribution in [0.5, 0.6) is 0 Å². The number of nitrogens with zero attached hydrogens (tertiary/aromatic N) is 1. The van der Waals surface area contributed by atoms with Gasteiger partial charge >= 0.3 is 0 Å². The molecule has 2 aliphatic rings. The van der Waals surface area contributed by atoms with Gasteiger partial charge in [-0.05, 0) is 55.4 Å². The number of ketones is 1. The average Bonchev–Trinajstić information content (AvgIpc) is 3.07. The number of pyridine rings is 1. The van der Waals surface area contributed by atoms with Crippen LogP contribution in [0.4, 0.5) is 0 Å².